The molecule has 1 unspecified atom stereocenters. The highest BCUT2D eigenvalue weighted by Gasteiger charge is 2.34. The van der Waals surface area contributed by atoms with Crippen LogP contribution in [0.25, 0.3) is 0 Å². The van der Waals surface area contributed by atoms with Gasteiger partial charge in [0.25, 0.3) is 0 Å². The lowest BCUT2D eigenvalue weighted by molar-refractivity contribution is 0.102. The minimum Gasteiger partial charge on any atom is -0.387 e. The molecule has 1 heterocycles. The summed E-state index contributed by atoms with van der Waals surface area (Å²) in [6, 6.07) is 0.452. The van der Waals surface area contributed by atoms with Crippen LogP contribution in [0.5, 0.6) is 0 Å². The Kier molecular flexibility index (Phi) is 3.70. The highest BCUT2D eigenvalue weighted by Crippen LogP contribution is 2.44. The maximum atomic E-state index is 10.3. The van der Waals surface area contributed by atoms with Crippen LogP contribution in [0.2, 0.25) is 0 Å². The first-order valence-electron chi connectivity index (χ1n) is 6.78. The minimum absolute atomic E-state index is 0.159. The van der Waals surface area contributed by atoms with Crippen LogP contribution in [0.4, 0.5) is 5.13 Å². The molecule has 18 heavy (non-hydrogen) atoms. The largest absolute Gasteiger partial charge is 0.387 e. The quantitative estimate of drug-likeness (QED) is 0.913. The Labute approximate surface area is 114 Å². The Morgan fingerprint density at radius 2 is 2.17 bits per heavy atom. The molecule has 1 N–H and O–H groups in total. The summed E-state index contributed by atoms with van der Waals surface area (Å²) < 4.78 is 0. The van der Waals surface area contributed by atoms with Gasteiger partial charge in [-0.2, -0.15) is 0 Å². The number of nitrogens with zero attached hydrogens (tertiary/aromatic N) is 2. The van der Waals surface area contributed by atoms with Gasteiger partial charge in [0.1, 0.15) is 0 Å². The van der Waals surface area contributed by atoms with E-state index in [1.807, 2.05) is 0 Å². The average molecular weight is 268 g/mol. The smallest absolute Gasteiger partial charge is 0.186 e. The topological polar surface area (TPSA) is 36.4 Å². The van der Waals surface area contributed by atoms with Crippen LogP contribution in [-0.2, 0) is 6.42 Å². The van der Waals surface area contributed by atoms with Gasteiger partial charge in [0.05, 0.1) is 16.7 Å². The van der Waals surface area contributed by atoms with Crippen LogP contribution in [0.3, 0.4) is 0 Å². The van der Waals surface area contributed by atoms with Crippen molar-refractivity contribution in [3.8, 4) is 0 Å². The van der Waals surface area contributed by atoms with Crippen molar-refractivity contribution in [3.05, 3.63) is 10.6 Å². The zero-order chi connectivity index (χ0) is 13.5. The second kappa shape index (κ2) is 4.82. The molecular weight excluding hydrogens is 244 g/mol. The van der Waals surface area contributed by atoms with E-state index in [1.165, 1.54) is 0 Å². The summed E-state index contributed by atoms with van der Waals surface area (Å²) in [6.45, 7) is 11.9. The van der Waals surface area contributed by atoms with E-state index in [9.17, 15) is 5.11 Å². The number of anilines is 1. The van der Waals surface area contributed by atoms with Crippen LogP contribution in [0, 0.1) is 5.41 Å². The molecule has 3 nitrogen and oxygen atoms in total. The van der Waals surface area contributed by atoms with Crippen LogP contribution < -0.4 is 4.90 Å². The van der Waals surface area contributed by atoms with Gasteiger partial charge < -0.3 is 10.0 Å². The lowest BCUT2D eigenvalue weighted by Crippen LogP contribution is -2.30. The van der Waals surface area contributed by atoms with E-state index in [4.69, 9.17) is 4.98 Å². The lowest BCUT2D eigenvalue weighted by Gasteiger charge is -2.31. The van der Waals surface area contributed by atoms with Gasteiger partial charge in [0.2, 0.25) is 0 Å². The highest BCUT2D eigenvalue weighted by atomic mass is 32.1. The number of fused-ring (bicyclic) bond motifs is 1. The molecule has 0 saturated carbocycles. The minimum atomic E-state index is -0.333. The summed E-state index contributed by atoms with van der Waals surface area (Å²) in [7, 11) is 0. The van der Waals surface area contributed by atoms with Crippen molar-refractivity contribution in [2.24, 2.45) is 5.41 Å². The molecule has 1 aliphatic carbocycles. The standard InChI is InChI=1S/C14H24N2OS/c1-6-16(9(2)3)13-15-10-7-14(4,5)8-11(17)12(10)18-13/h9,11,17H,6-8H2,1-5H3. The van der Waals surface area contributed by atoms with Gasteiger partial charge >= 0.3 is 0 Å². The summed E-state index contributed by atoms with van der Waals surface area (Å²) in [5.74, 6) is 0. The molecule has 0 amide bonds. The van der Waals surface area contributed by atoms with Crippen molar-refractivity contribution >= 4 is 16.5 Å². The Bertz CT molecular complexity index is 425. The van der Waals surface area contributed by atoms with E-state index in [2.05, 4.69) is 39.5 Å². The average Bonchev–Trinajstić information content (AvgIpc) is 2.60. The summed E-state index contributed by atoms with van der Waals surface area (Å²) >= 11 is 1.67. The van der Waals surface area contributed by atoms with Crippen LogP contribution in [0.1, 0.15) is 57.7 Å². The first-order chi connectivity index (χ1) is 8.34. The van der Waals surface area contributed by atoms with Gasteiger partial charge in [0.15, 0.2) is 5.13 Å². The maximum absolute atomic E-state index is 10.3. The number of aliphatic hydroxyl groups excluding tert-OH is 1. The molecule has 0 bridgehead atoms. The third-order valence-corrected chi connectivity index (χ3v) is 4.86. The van der Waals surface area contributed by atoms with Crippen LogP contribution in [0.15, 0.2) is 0 Å². The van der Waals surface area contributed by atoms with Crippen molar-refractivity contribution < 1.29 is 5.11 Å². The van der Waals surface area contributed by atoms with E-state index < -0.39 is 0 Å². The summed E-state index contributed by atoms with van der Waals surface area (Å²) in [5.41, 5.74) is 1.27. The Morgan fingerprint density at radius 3 is 2.72 bits per heavy atom. The molecule has 0 fully saturated rings. The van der Waals surface area contributed by atoms with E-state index in [0.29, 0.717) is 6.04 Å². The highest BCUT2D eigenvalue weighted by molar-refractivity contribution is 7.15. The Morgan fingerprint density at radius 1 is 1.50 bits per heavy atom. The zero-order valence-electron chi connectivity index (χ0n) is 12.0. The summed E-state index contributed by atoms with van der Waals surface area (Å²) in [5, 5.41) is 11.3. The van der Waals surface area contributed by atoms with Gasteiger partial charge in [0, 0.05) is 12.6 Å². The molecule has 0 radical (unpaired) electrons. The number of thiazole rings is 1. The van der Waals surface area contributed by atoms with E-state index in [-0.39, 0.29) is 11.5 Å². The number of hydrogen-bond acceptors (Lipinski definition) is 4. The number of aliphatic hydroxyl groups is 1. The van der Waals surface area contributed by atoms with Crippen molar-refractivity contribution in [1.29, 1.82) is 0 Å². The first kappa shape index (κ1) is 13.8. The molecule has 1 aromatic heterocycles. The third kappa shape index (κ3) is 2.54. The second-order valence-corrected chi connectivity index (χ2v) is 7.26. The lowest BCUT2D eigenvalue weighted by atomic mass is 9.77. The molecule has 1 aromatic rings. The number of rotatable bonds is 3. The molecule has 4 heteroatoms. The molecule has 0 aromatic carbocycles. The zero-order valence-corrected chi connectivity index (χ0v) is 12.8. The van der Waals surface area contributed by atoms with Gasteiger partial charge in [-0.15, -0.1) is 0 Å². The predicted octanol–water partition coefficient (Wildman–Crippen LogP) is 3.38. The predicted molar refractivity (Wildman–Crippen MR) is 77.3 cm³/mol. The SMILES string of the molecule is CCN(c1nc2c(s1)C(O)CC(C)(C)C2)C(C)C. The molecule has 1 aliphatic rings. The van der Waals surface area contributed by atoms with Gasteiger partial charge in [-0.3, -0.25) is 0 Å². The van der Waals surface area contributed by atoms with Gasteiger partial charge in [-0.1, -0.05) is 25.2 Å². The van der Waals surface area contributed by atoms with E-state index in [0.717, 1.165) is 35.1 Å². The fourth-order valence-electron chi connectivity index (χ4n) is 2.72. The second-order valence-electron chi connectivity index (χ2n) is 6.25. The van der Waals surface area contributed by atoms with Crippen molar-refractivity contribution in [2.75, 3.05) is 11.4 Å². The molecule has 0 saturated heterocycles. The van der Waals surface area contributed by atoms with Crippen molar-refractivity contribution in [2.45, 2.75) is 59.6 Å². The summed E-state index contributed by atoms with van der Waals surface area (Å²) in [6.07, 6.45) is 1.49. The number of hydrogen-bond donors (Lipinski definition) is 1. The maximum Gasteiger partial charge on any atom is 0.186 e. The molecule has 0 spiro atoms. The molecule has 2 rings (SSSR count). The third-order valence-electron chi connectivity index (χ3n) is 3.62. The van der Waals surface area contributed by atoms with Crippen molar-refractivity contribution in [3.63, 3.8) is 0 Å². The number of aromatic nitrogens is 1. The molecular formula is C14H24N2OS. The van der Waals surface area contributed by atoms with Gasteiger partial charge in [-0.05, 0) is 39.0 Å². The Hall–Kier alpha value is -0.610. The fraction of sp³-hybridized carbons (Fsp3) is 0.786. The van der Waals surface area contributed by atoms with Gasteiger partial charge in [-0.25, -0.2) is 4.98 Å². The monoisotopic (exact) mass is 268 g/mol. The van der Waals surface area contributed by atoms with Crippen molar-refractivity contribution in [1.82, 2.24) is 4.98 Å². The molecule has 0 aliphatic heterocycles. The first-order valence-corrected chi connectivity index (χ1v) is 7.60. The van der Waals surface area contributed by atoms with E-state index in [1.54, 1.807) is 11.3 Å². The Balaban J connectivity index is 2.34. The summed E-state index contributed by atoms with van der Waals surface area (Å²) in [4.78, 5) is 8.15. The van der Waals surface area contributed by atoms with Crippen LogP contribution in [-0.4, -0.2) is 22.7 Å². The molecule has 102 valence electrons. The van der Waals surface area contributed by atoms with Crippen LogP contribution >= 0.6 is 11.3 Å². The molecule has 1 atom stereocenters. The normalized spacial score (nSPS) is 22.1. The van der Waals surface area contributed by atoms with E-state index >= 15 is 0 Å². The fourth-order valence-corrected chi connectivity index (χ4v) is 3.99.